The fourth-order valence-electron chi connectivity index (χ4n) is 3.56. The van der Waals surface area contributed by atoms with Crippen molar-refractivity contribution in [1.29, 1.82) is 0 Å². The van der Waals surface area contributed by atoms with Gasteiger partial charge in [-0.05, 0) is 32.9 Å². The summed E-state index contributed by atoms with van der Waals surface area (Å²) < 4.78 is 3.45. The predicted molar refractivity (Wildman–Crippen MR) is 107 cm³/mol. The number of nitrogens with zero attached hydrogens (tertiary/aromatic N) is 7. The summed E-state index contributed by atoms with van der Waals surface area (Å²) >= 11 is 0. The molecule has 0 aromatic carbocycles. The molecule has 1 aliphatic rings. The van der Waals surface area contributed by atoms with E-state index in [9.17, 15) is 4.79 Å². The minimum Gasteiger partial charge on any atom is -0.353 e. The van der Waals surface area contributed by atoms with Crippen molar-refractivity contribution in [2.75, 3.05) is 36.0 Å². The van der Waals surface area contributed by atoms with Gasteiger partial charge >= 0.3 is 0 Å². The second-order valence-electron chi connectivity index (χ2n) is 7.31. The summed E-state index contributed by atoms with van der Waals surface area (Å²) in [5.41, 5.74) is 1.63. The van der Waals surface area contributed by atoms with Crippen molar-refractivity contribution >= 4 is 22.8 Å². The van der Waals surface area contributed by atoms with Crippen LogP contribution in [0, 0.1) is 6.92 Å². The maximum atomic E-state index is 12.8. The van der Waals surface area contributed by atoms with Crippen LogP contribution in [0.3, 0.4) is 0 Å². The van der Waals surface area contributed by atoms with Crippen molar-refractivity contribution in [3.05, 3.63) is 40.4 Å². The Morgan fingerprint density at radius 1 is 1.04 bits per heavy atom. The van der Waals surface area contributed by atoms with E-state index in [1.165, 1.54) is 0 Å². The van der Waals surface area contributed by atoms with Crippen molar-refractivity contribution in [3.63, 3.8) is 0 Å². The van der Waals surface area contributed by atoms with Crippen LogP contribution in [0.1, 0.15) is 25.6 Å². The van der Waals surface area contributed by atoms with Crippen LogP contribution in [-0.4, -0.2) is 50.5 Å². The average molecular weight is 367 g/mol. The molecule has 0 unspecified atom stereocenters. The van der Waals surface area contributed by atoms with E-state index in [1.54, 1.807) is 17.8 Å². The van der Waals surface area contributed by atoms with Crippen LogP contribution in [0.4, 0.5) is 11.8 Å². The van der Waals surface area contributed by atoms with E-state index in [4.69, 9.17) is 4.98 Å². The first-order valence-electron chi connectivity index (χ1n) is 9.33. The first-order valence-corrected chi connectivity index (χ1v) is 9.33. The summed E-state index contributed by atoms with van der Waals surface area (Å²) in [7, 11) is 1.78. The van der Waals surface area contributed by atoms with Crippen LogP contribution in [0.2, 0.25) is 0 Å². The normalized spacial score (nSPS) is 15.1. The Bertz CT molecular complexity index is 1030. The molecule has 4 rings (SSSR count). The Morgan fingerprint density at radius 2 is 1.74 bits per heavy atom. The molecule has 3 aromatic rings. The molecule has 142 valence electrons. The molecule has 8 heteroatoms. The van der Waals surface area contributed by atoms with E-state index in [1.807, 2.05) is 43.7 Å². The summed E-state index contributed by atoms with van der Waals surface area (Å²) in [6.07, 6.45) is 1.62. The van der Waals surface area contributed by atoms with Gasteiger partial charge in [-0.2, -0.15) is 10.1 Å². The third-order valence-corrected chi connectivity index (χ3v) is 5.06. The zero-order chi connectivity index (χ0) is 19.1. The maximum Gasteiger partial charge on any atom is 0.265 e. The Balaban J connectivity index is 1.63. The van der Waals surface area contributed by atoms with Gasteiger partial charge in [-0.15, -0.1) is 0 Å². The number of aryl methyl sites for hydroxylation is 1. The third kappa shape index (κ3) is 3.05. The highest BCUT2D eigenvalue weighted by Gasteiger charge is 2.23. The molecule has 1 saturated heterocycles. The van der Waals surface area contributed by atoms with E-state index in [0.717, 1.165) is 37.7 Å². The van der Waals surface area contributed by atoms with Crippen molar-refractivity contribution in [2.24, 2.45) is 7.05 Å². The van der Waals surface area contributed by atoms with Gasteiger partial charge in [0.25, 0.3) is 5.56 Å². The minimum absolute atomic E-state index is 0.0512. The van der Waals surface area contributed by atoms with E-state index >= 15 is 0 Å². The van der Waals surface area contributed by atoms with Gasteiger partial charge in [0.15, 0.2) is 5.65 Å². The van der Waals surface area contributed by atoms with Gasteiger partial charge < -0.3 is 9.80 Å². The largest absolute Gasteiger partial charge is 0.353 e. The SMILES string of the molecule is Cc1cccc(N2CCN(c3nc4c(cnn4C(C)C)c(=O)n3C)CC2)n1. The number of hydrogen-bond acceptors (Lipinski definition) is 6. The fraction of sp³-hybridized carbons (Fsp3) is 0.474. The Labute approximate surface area is 158 Å². The van der Waals surface area contributed by atoms with E-state index in [-0.39, 0.29) is 11.6 Å². The average Bonchev–Trinajstić information content (AvgIpc) is 3.09. The molecular weight excluding hydrogens is 342 g/mol. The van der Waals surface area contributed by atoms with Crippen LogP contribution < -0.4 is 15.4 Å². The molecule has 4 heterocycles. The number of fused-ring (bicyclic) bond motifs is 1. The second kappa shape index (κ2) is 6.68. The Hall–Kier alpha value is -2.90. The molecule has 27 heavy (non-hydrogen) atoms. The standard InChI is InChI=1S/C19H25N7O/c1-13(2)26-17-15(12-20-26)18(27)23(4)19(22-17)25-10-8-24(9-11-25)16-7-5-6-14(3)21-16/h5-7,12-13H,8-11H2,1-4H3. The van der Waals surface area contributed by atoms with Crippen LogP contribution in [0.15, 0.2) is 29.2 Å². The molecule has 1 fully saturated rings. The molecule has 0 spiro atoms. The van der Waals surface area contributed by atoms with Gasteiger partial charge in [-0.3, -0.25) is 9.36 Å². The molecule has 3 aromatic heterocycles. The van der Waals surface area contributed by atoms with Gasteiger partial charge in [-0.1, -0.05) is 6.07 Å². The van der Waals surface area contributed by atoms with Crippen LogP contribution in [0.5, 0.6) is 0 Å². The van der Waals surface area contributed by atoms with Crippen LogP contribution in [-0.2, 0) is 7.05 Å². The maximum absolute atomic E-state index is 12.8. The molecular formula is C19H25N7O. The smallest absolute Gasteiger partial charge is 0.265 e. The van der Waals surface area contributed by atoms with Gasteiger partial charge in [0.2, 0.25) is 5.95 Å². The van der Waals surface area contributed by atoms with E-state index in [0.29, 0.717) is 17.0 Å². The van der Waals surface area contributed by atoms with Gasteiger partial charge in [0.1, 0.15) is 11.2 Å². The highest BCUT2D eigenvalue weighted by atomic mass is 16.1. The summed E-state index contributed by atoms with van der Waals surface area (Å²) in [6.45, 7) is 9.35. The van der Waals surface area contributed by atoms with Crippen LogP contribution >= 0.6 is 0 Å². The van der Waals surface area contributed by atoms with Crippen molar-refractivity contribution in [2.45, 2.75) is 26.8 Å². The molecule has 0 N–H and O–H groups in total. The minimum atomic E-state index is -0.0512. The second-order valence-corrected chi connectivity index (χ2v) is 7.31. The number of aromatic nitrogens is 5. The summed E-state index contributed by atoms with van der Waals surface area (Å²) in [4.78, 5) is 26.6. The number of pyridine rings is 1. The Kier molecular flexibility index (Phi) is 4.33. The molecule has 0 saturated carbocycles. The highest BCUT2D eigenvalue weighted by Crippen LogP contribution is 2.20. The quantitative estimate of drug-likeness (QED) is 0.702. The lowest BCUT2D eigenvalue weighted by molar-refractivity contribution is 0.544. The topological polar surface area (TPSA) is 72.1 Å². The lowest BCUT2D eigenvalue weighted by atomic mass is 10.3. The number of rotatable bonds is 3. The van der Waals surface area contributed by atoms with Crippen molar-refractivity contribution in [3.8, 4) is 0 Å². The molecule has 0 amide bonds. The molecule has 0 aliphatic carbocycles. The zero-order valence-electron chi connectivity index (χ0n) is 16.3. The van der Waals surface area contributed by atoms with Crippen molar-refractivity contribution in [1.82, 2.24) is 24.3 Å². The first kappa shape index (κ1) is 17.5. The van der Waals surface area contributed by atoms with Gasteiger partial charge in [0, 0.05) is 45.0 Å². The zero-order valence-corrected chi connectivity index (χ0v) is 16.3. The van der Waals surface area contributed by atoms with Gasteiger partial charge in [0.05, 0.1) is 6.20 Å². The number of anilines is 2. The Morgan fingerprint density at radius 3 is 2.41 bits per heavy atom. The molecule has 0 radical (unpaired) electrons. The summed E-state index contributed by atoms with van der Waals surface area (Å²) in [6, 6.07) is 6.24. The summed E-state index contributed by atoms with van der Waals surface area (Å²) in [5, 5.41) is 4.92. The van der Waals surface area contributed by atoms with E-state index < -0.39 is 0 Å². The fourth-order valence-corrected chi connectivity index (χ4v) is 3.56. The highest BCUT2D eigenvalue weighted by molar-refractivity contribution is 5.75. The predicted octanol–water partition coefficient (Wildman–Crippen LogP) is 1.74. The molecule has 0 atom stereocenters. The molecule has 0 bridgehead atoms. The van der Waals surface area contributed by atoms with Crippen molar-refractivity contribution < 1.29 is 0 Å². The molecule has 1 aliphatic heterocycles. The number of piperazine rings is 1. The first-order chi connectivity index (χ1) is 13.0. The van der Waals surface area contributed by atoms with Gasteiger partial charge in [-0.25, -0.2) is 9.67 Å². The molecule has 8 nitrogen and oxygen atoms in total. The lowest BCUT2D eigenvalue weighted by Gasteiger charge is -2.36. The third-order valence-electron chi connectivity index (χ3n) is 5.06. The summed E-state index contributed by atoms with van der Waals surface area (Å²) in [5.74, 6) is 1.71. The number of hydrogen-bond donors (Lipinski definition) is 0. The monoisotopic (exact) mass is 367 g/mol. The van der Waals surface area contributed by atoms with E-state index in [2.05, 4.69) is 19.9 Å². The van der Waals surface area contributed by atoms with Crippen LogP contribution in [0.25, 0.3) is 11.0 Å². The lowest BCUT2D eigenvalue weighted by Crippen LogP contribution is -2.48.